The summed E-state index contributed by atoms with van der Waals surface area (Å²) in [5.41, 5.74) is 7.45. The van der Waals surface area contributed by atoms with Crippen LogP contribution in [0.25, 0.3) is 0 Å². The molecule has 2 aromatic rings. The molecule has 1 saturated heterocycles. The number of hydrogen-bond donors (Lipinski definition) is 1. The lowest BCUT2D eigenvalue weighted by atomic mass is 9.90. The zero-order chi connectivity index (χ0) is 17.6. The molecule has 3 rings (SSSR count). The lowest BCUT2D eigenvalue weighted by Gasteiger charge is -2.39. The lowest BCUT2D eigenvalue weighted by Crippen LogP contribution is -2.51. The number of carbonyl (C=O) groups is 1. The maximum atomic E-state index is 12.8. The highest BCUT2D eigenvalue weighted by Gasteiger charge is 2.31. The monoisotopic (exact) mass is 339 g/mol. The van der Waals surface area contributed by atoms with Crippen LogP contribution in [0.2, 0.25) is 0 Å². The predicted octanol–water partition coefficient (Wildman–Crippen LogP) is 2.86. The van der Waals surface area contributed by atoms with Crippen molar-refractivity contribution in [3.05, 3.63) is 59.9 Å². The van der Waals surface area contributed by atoms with Crippen LogP contribution in [0.5, 0.6) is 5.75 Å². The average Bonchev–Trinajstić information content (AvgIpc) is 2.67. The number of hydrogen-bond acceptors (Lipinski definition) is 4. The summed E-state index contributed by atoms with van der Waals surface area (Å²) in [6, 6.07) is 13.2. The van der Waals surface area contributed by atoms with E-state index < -0.39 is 0 Å². The summed E-state index contributed by atoms with van der Waals surface area (Å²) in [4.78, 5) is 19.0. The van der Waals surface area contributed by atoms with E-state index in [0.717, 1.165) is 30.8 Å². The Hall–Kier alpha value is -2.40. The molecule has 0 bridgehead atoms. The second-order valence-electron chi connectivity index (χ2n) is 6.56. The standard InChI is InChI=1S/C20H25N3O2/c1-15-5-4-12-23(19(15)13-21)20(24)16-7-9-18(10-8-16)25-14-17-6-2-3-11-22-17/h2-3,6-11,15,19H,4-5,12-14,21H2,1H3/t15-,19+/m0/s1. The van der Waals surface area contributed by atoms with Gasteiger partial charge in [-0.1, -0.05) is 13.0 Å². The highest BCUT2D eigenvalue weighted by Crippen LogP contribution is 2.25. The van der Waals surface area contributed by atoms with Crippen LogP contribution in [0.3, 0.4) is 0 Å². The summed E-state index contributed by atoms with van der Waals surface area (Å²) >= 11 is 0. The lowest BCUT2D eigenvalue weighted by molar-refractivity contribution is 0.0532. The summed E-state index contributed by atoms with van der Waals surface area (Å²) in [6.07, 6.45) is 3.91. The third-order valence-corrected chi connectivity index (χ3v) is 4.83. The number of rotatable bonds is 5. The fraction of sp³-hybridized carbons (Fsp3) is 0.400. The van der Waals surface area contributed by atoms with E-state index in [1.807, 2.05) is 47.4 Å². The van der Waals surface area contributed by atoms with Crippen molar-refractivity contribution in [1.82, 2.24) is 9.88 Å². The fourth-order valence-corrected chi connectivity index (χ4v) is 3.36. The van der Waals surface area contributed by atoms with Gasteiger partial charge in [-0.2, -0.15) is 0 Å². The number of nitrogens with two attached hydrogens (primary N) is 1. The number of piperidine rings is 1. The highest BCUT2D eigenvalue weighted by atomic mass is 16.5. The summed E-state index contributed by atoms with van der Waals surface area (Å²) < 4.78 is 5.72. The Balaban J connectivity index is 1.64. The van der Waals surface area contributed by atoms with Crippen molar-refractivity contribution < 1.29 is 9.53 Å². The summed E-state index contributed by atoms with van der Waals surface area (Å²) in [5, 5.41) is 0. The molecule has 0 aliphatic carbocycles. The molecule has 0 saturated carbocycles. The first kappa shape index (κ1) is 17.4. The Kier molecular flexibility index (Phi) is 5.66. The number of carbonyl (C=O) groups excluding carboxylic acids is 1. The van der Waals surface area contributed by atoms with Crippen LogP contribution in [0.15, 0.2) is 48.7 Å². The van der Waals surface area contributed by atoms with Crippen molar-refractivity contribution in [2.24, 2.45) is 11.7 Å². The van der Waals surface area contributed by atoms with E-state index in [-0.39, 0.29) is 11.9 Å². The summed E-state index contributed by atoms with van der Waals surface area (Å²) in [6.45, 7) is 3.87. The van der Waals surface area contributed by atoms with Gasteiger partial charge in [-0.05, 0) is 55.2 Å². The van der Waals surface area contributed by atoms with Gasteiger partial charge in [0.1, 0.15) is 12.4 Å². The second-order valence-corrected chi connectivity index (χ2v) is 6.56. The minimum absolute atomic E-state index is 0.0540. The van der Waals surface area contributed by atoms with Crippen LogP contribution in [0.4, 0.5) is 0 Å². The molecule has 1 aromatic heterocycles. The van der Waals surface area contributed by atoms with Gasteiger partial charge in [0.05, 0.1) is 5.69 Å². The van der Waals surface area contributed by atoms with Gasteiger partial charge < -0.3 is 15.4 Å². The number of benzene rings is 1. The van der Waals surface area contributed by atoms with Gasteiger partial charge in [-0.3, -0.25) is 9.78 Å². The number of likely N-dealkylation sites (tertiary alicyclic amines) is 1. The average molecular weight is 339 g/mol. The number of amides is 1. The molecule has 1 amide bonds. The summed E-state index contributed by atoms with van der Waals surface area (Å²) in [7, 11) is 0. The molecule has 0 spiro atoms. The first-order valence-corrected chi connectivity index (χ1v) is 8.83. The number of aromatic nitrogens is 1. The van der Waals surface area contributed by atoms with E-state index >= 15 is 0 Å². The van der Waals surface area contributed by atoms with Crippen molar-refractivity contribution in [2.75, 3.05) is 13.1 Å². The molecule has 1 fully saturated rings. The van der Waals surface area contributed by atoms with E-state index in [1.54, 1.807) is 6.20 Å². The number of ether oxygens (including phenoxy) is 1. The van der Waals surface area contributed by atoms with Gasteiger partial charge in [0, 0.05) is 30.9 Å². The Morgan fingerprint density at radius 1 is 1.28 bits per heavy atom. The molecule has 1 aliphatic rings. The van der Waals surface area contributed by atoms with Gasteiger partial charge in [0.15, 0.2) is 0 Å². The van der Waals surface area contributed by atoms with Crippen molar-refractivity contribution in [1.29, 1.82) is 0 Å². The van der Waals surface area contributed by atoms with Gasteiger partial charge >= 0.3 is 0 Å². The Morgan fingerprint density at radius 2 is 2.08 bits per heavy atom. The first-order chi connectivity index (χ1) is 12.2. The third-order valence-electron chi connectivity index (χ3n) is 4.83. The van der Waals surface area contributed by atoms with Gasteiger partial charge in [0.25, 0.3) is 5.91 Å². The number of nitrogens with zero attached hydrogens (tertiary/aromatic N) is 2. The largest absolute Gasteiger partial charge is 0.487 e. The van der Waals surface area contributed by atoms with E-state index in [0.29, 0.717) is 24.6 Å². The maximum absolute atomic E-state index is 12.8. The van der Waals surface area contributed by atoms with Crippen LogP contribution < -0.4 is 10.5 Å². The zero-order valence-electron chi connectivity index (χ0n) is 14.6. The van der Waals surface area contributed by atoms with E-state index in [4.69, 9.17) is 10.5 Å². The minimum Gasteiger partial charge on any atom is -0.487 e. The predicted molar refractivity (Wildman–Crippen MR) is 97.3 cm³/mol. The Labute approximate surface area is 148 Å². The molecule has 0 radical (unpaired) electrons. The molecule has 2 atom stereocenters. The molecule has 1 aliphatic heterocycles. The van der Waals surface area contributed by atoms with Crippen LogP contribution in [-0.4, -0.2) is 34.9 Å². The van der Waals surface area contributed by atoms with E-state index in [1.165, 1.54) is 0 Å². The smallest absolute Gasteiger partial charge is 0.254 e. The molecule has 5 nitrogen and oxygen atoms in total. The van der Waals surface area contributed by atoms with Crippen molar-refractivity contribution in [3.8, 4) is 5.75 Å². The molecular formula is C20H25N3O2. The van der Waals surface area contributed by atoms with Crippen LogP contribution in [0, 0.1) is 5.92 Å². The SMILES string of the molecule is C[C@H]1CCCN(C(=O)c2ccc(OCc3ccccn3)cc2)[C@@H]1CN. The van der Waals surface area contributed by atoms with Crippen molar-refractivity contribution in [3.63, 3.8) is 0 Å². The summed E-state index contributed by atoms with van der Waals surface area (Å²) in [5.74, 6) is 1.23. The molecule has 2 N–H and O–H groups in total. The molecule has 5 heteroatoms. The van der Waals surface area contributed by atoms with Gasteiger partial charge in [0.2, 0.25) is 0 Å². The second kappa shape index (κ2) is 8.12. The van der Waals surface area contributed by atoms with Gasteiger partial charge in [-0.15, -0.1) is 0 Å². The molecule has 25 heavy (non-hydrogen) atoms. The van der Waals surface area contributed by atoms with Crippen LogP contribution in [-0.2, 0) is 6.61 Å². The van der Waals surface area contributed by atoms with Crippen molar-refractivity contribution >= 4 is 5.91 Å². The molecule has 0 unspecified atom stereocenters. The fourth-order valence-electron chi connectivity index (χ4n) is 3.36. The van der Waals surface area contributed by atoms with Crippen molar-refractivity contribution in [2.45, 2.75) is 32.4 Å². The van der Waals surface area contributed by atoms with Crippen LogP contribution in [0.1, 0.15) is 35.8 Å². The quantitative estimate of drug-likeness (QED) is 0.909. The van der Waals surface area contributed by atoms with E-state index in [2.05, 4.69) is 11.9 Å². The Morgan fingerprint density at radius 3 is 2.76 bits per heavy atom. The molecule has 1 aromatic carbocycles. The van der Waals surface area contributed by atoms with Crippen LogP contribution >= 0.6 is 0 Å². The zero-order valence-corrected chi connectivity index (χ0v) is 14.6. The normalized spacial score (nSPS) is 20.3. The number of pyridine rings is 1. The first-order valence-electron chi connectivity index (χ1n) is 8.83. The molecular weight excluding hydrogens is 314 g/mol. The topological polar surface area (TPSA) is 68.5 Å². The maximum Gasteiger partial charge on any atom is 0.254 e. The Bertz CT molecular complexity index is 688. The van der Waals surface area contributed by atoms with E-state index in [9.17, 15) is 4.79 Å². The van der Waals surface area contributed by atoms with Gasteiger partial charge in [-0.25, -0.2) is 0 Å². The molecule has 132 valence electrons. The third kappa shape index (κ3) is 4.17. The minimum atomic E-state index is 0.0540. The molecule has 2 heterocycles. The highest BCUT2D eigenvalue weighted by molar-refractivity contribution is 5.94.